The van der Waals surface area contributed by atoms with Gasteiger partial charge in [0.05, 0.1) is 0 Å². The molecule has 0 spiro atoms. The van der Waals surface area contributed by atoms with E-state index in [2.05, 4.69) is 67.3 Å². The normalized spacial score (nSPS) is 15.3. The highest BCUT2D eigenvalue weighted by Crippen LogP contribution is 2.29. The van der Waals surface area contributed by atoms with Crippen LogP contribution in [0.1, 0.15) is 31.4 Å². The topological polar surface area (TPSA) is 35.6 Å². The van der Waals surface area contributed by atoms with E-state index in [9.17, 15) is 4.79 Å². The summed E-state index contributed by atoms with van der Waals surface area (Å²) < 4.78 is 0. The summed E-state index contributed by atoms with van der Waals surface area (Å²) >= 11 is 0. The Morgan fingerprint density at radius 1 is 1.08 bits per heavy atom. The smallest absolute Gasteiger partial charge is 0.225 e. The van der Waals surface area contributed by atoms with Gasteiger partial charge in [-0.1, -0.05) is 50.2 Å². The lowest BCUT2D eigenvalue weighted by Crippen LogP contribution is -2.26. The second kappa shape index (κ2) is 7.50. The van der Waals surface area contributed by atoms with Crippen molar-refractivity contribution in [2.24, 2.45) is 0 Å². The van der Waals surface area contributed by atoms with Crippen LogP contribution in [-0.2, 0) is 16.8 Å². The standard InChI is InChI=1S/C22H29N3O/c1-22(2,18-8-6-5-7-9-18)15-21(26)23-19-11-10-17-16-24(3)12-13-25(4)20(17)14-19/h5-11,14H,12-13,15-16H2,1-4H3,(H,23,26). The van der Waals surface area contributed by atoms with E-state index in [0.717, 1.165) is 25.3 Å². The molecule has 1 aliphatic rings. The minimum atomic E-state index is -0.198. The molecule has 2 aromatic rings. The molecule has 138 valence electrons. The second-order valence-corrected chi connectivity index (χ2v) is 7.98. The fourth-order valence-corrected chi connectivity index (χ4v) is 3.54. The third kappa shape index (κ3) is 4.25. The van der Waals surface area contributed by atoms with Crippen LogP contribution >= 0.6 is 0 Å². The van der Waals surface area contributed by atoms with Gasteiger partial charge in [0.2, 0.25) is 5.91 Å². The van der Waals surface area contributed by atoms with Crippen molar-refractivity contribution in [1.82, 2.24) is 4.90 Å². The van der Waals surface area contributed by atoms with Crippen LogP contribution in [0.2, 0.25) is 0 Å². The summed E-state index contributed by atoms with van der Waals surface area (Å²) in [5.41, 5.74) is 4.36. The lowest BCUT2D eigenvalue weighted by molar-refractivity contribution is -0.117. The maximum absolute atomic E-state index is 12.6. The van der Waals surface area contributed by atoms with Crippen molar-refractivity contribution in [3.05, 3.63) is 59.7 Å². The zero-order chi connectivity index (χ0) is 18.7. The van der Waals surface area contributed by atoms with Crippen LogP contribution in [0.15, 0.2) is 48.5 Å². The average molecular weight is 351 g/mol. The van der Waals surface area contributed by atoms with Crippen LogP contribution in [0.4, 0.5) is 11.4 Å². The van der Waals surface area contributed by atoms with Gasteiger partial charge in [0, 0.05) is 44.5 Å². The van der Waals surface area contributed by atoms with Crippen molar-refractivity contribution in [2.75, 3.05) is 37.4 Å². The Balaban J connectivity index is 1.72. The number of likely N-dealkylation sites (N-methyl/N-ethyl adjacent to an activating group) is 2. The van der Waals surface area contributed by atoms with Crippen LogP contribution in [-0.4, -0.2) is 38.0 Å². The number of anilines is 2. The summed E-state index contributed by atoms with van der Waals surface area (Å²) in [6.07, 6.45) is 0.451. The van der Waals surface area contributed by atoms with E-state index in [-0.39, 0.29) is 11.3 Å². The van der Waals surface area contributed by atoms with E-state index >= 15 is 0 Å². The molecule has 0 atom stereocenters. The van der Waals surface area contributed by atoms with Crippen molar-refractivity contribution in [1.29, 1.82) is 0 Å². The van der Waals surface area contributed by atoms with Crippen LogP contribution in [0, 0.1) is 0 Å². The Hall–Kier alpha value is -2.33. The molecular weight excluding hydrogens is 322 g/mol. The number of rotatable bonds is 4. The number of hydrogen-bond acceptors (Lipinski definition) is 3. The predicted octanol–water partition coefficient (Wildman–Crippen LogP) is 3.87. The molecule has 0 saturated carbocycles. The van der Waals surface area contributed by atoms with Gasteiger partial charge in [-0.25, -0.2) is 0 Å². The summed E-state index contributed by atoms with van der Waals surface area (Å²) in [5.74, 6) is 0.0483. The number of hydrogen-bond donors (Lipinski definition) is 1. The SMILES string of the molecule is CN1CCN(C)c2cc(NC(=O)CC(C)(C)c3ccccc3)ccc2C1. The van der Waals surface area contributed by atoms with Gasteiger partial charge in [0.15, 0.2) is 0 Å². The maximum Gasteiger partial charge on any atom is 0.225 e. The minimum Gasteiger partial charge on any atom is -0.373 e. The highest BCUT2D eigenvalue weighted by atomic mass is 16.1. The van der Waals surface area contributed by atoms with E-state index in [1.54, 1.807) is 0 Å². The summed E-state index contributed by atoms with van der Waals surface area (Å²) in [6.45, 7) is 7.19. The predicted molar refractivity (Wildman–Crippen MR) is 109 cm³/mol. The molecule has 0 aromatic heterocycles. The first-order valence-electron chi connectivity index (χ1n) is 9.23. The van der Waals surface area contributed by atoms with Gasteiger partial charge in [-0.2, -0.15) is 0 Å². The molecule has 1 amide bonds. The number of benzene rings is 2. The first-order chi connectivity index (χ1) is 12.3. The molecule has 1 aliphatic heterocycles. The van der Waals surface area contributed by atoms with Crippen molar-refractivity contribution >= 4 is 17.3 Å². The molecule has 26 heavy (non-hydrogen) atoms. The molecule has 1 N–H and O–H groups in total. The first kappa shape index (κ1) is 18.5. The highest BCUT2D eigenvalue weighted by molar-refractivity contribution is 5.92. The van der Waals surface area contributed by atoms with Crippen LogP contribution < -0.4 is 10.2 Å². The number of carbonyl (C=O) groups is 1. The monoisotopic (exact) mass is 351 g/mol. The van der Waals surface area contributed by atoms with Gasteiger partial charge in [0.25, 0.3) is 0 Å². The third-order valence-electron chi connectivity index (χ3n) is 5.20. The van der Waals surface area contributed by atoms with Gasteiger partial charge in [-0.15, -0.1) is 0 Å². The number of nitrogens with zero attached hydrogens (tertiary/aromatic N) is 2. The summed E-state index contributed by atoms with van der Waals surface area (Å²) in [7, 11) is 4.26. The summed E-state index contributed by atoms with van der Waals surface area (Å²) in [4.78, 5) is 17.2. The molecule has 0 unspecified atom stereocenters. The Bertz CT molecular complexity index is 770. The Kier molecular flexibility index (Phi) is 5.33. The molecule has 0 saturated heterocycles. The van der Waals surface area contributed by atoms with Gasteiger partial charge in [-0.3, -0.25) is 4.79 Å². The van der Waals surface area contributed by atoms with Crippen molar-refractivity contribution in [3.63, 3.8) is 0 Å². The lowest BCUT2D eigenvalue weighted by atomic mass is 9.81. The maximum atomic E-state index is 12.6. The fourth-order valence-electron chi connectivity index (χ4n) is 3.54. The quantitative estimate of drug-likeness (QED) is 0.908. The van der Waals surface area contributed by atoms with Crippen molar-refractivity contribution in [3.8, 4) is 0 Å². The molecule has 0 fully saturated rings. The third-order valence-corrected chi connectivity index (χ3v) is 5.20. The molecule has 0 radical (unpaired) electrons. The van der Waals surface area contributed by atoms with Crippen LogP contribution in [0.25, 0.3) is 0 Å². The number of fused-ring (bicyclic) bond motifs is 1. The molecule has 3 rings (SSSR count). The lowest BCUT2D eigenvalue weighted by Gasteiger charge is -2.25. The largest absolute Gasteiger partial charge is 0.373 e. The van der Waals surface area contributed by atoms with Crippen LogP contribution in [0.5, 0.6) is 0 Å². The minimum absolute atomic E-state index is 0.0483. The second-order valence-electron chi connectivity index (χ2n) is 7.98. The first-order valence-corrected chi connectivity index (χ1v) is 9.23. The van der Waals surface area contributed by atoms with E-state index in [4.69, 9.17) is 0 Å². The molecule has 0 aliphatic carbocycles. The van der Waals surface area contributed by atoms with Gasteiger partial charge in [0.1, 0.15) is 0 Å². The van der Waals surface area contributed by atoms with Gasteiger partial charge < -0.3 is 15.1 Å². The molecule has 2 aromatic carbocycles. The fraction of sp³-hybridized carbons (Fsp3) is 0.409. The molecule has 4 nitrogen and oxygen atoms in total. The molecular formula is C22H29N3O. The van der Waals surface area contributed by atoms with Gasteiger partial charge >= 0.3 is 0 Å². The highest BCUT2D eigenvalue weighted by Gasteiger charge is 2.24. The summed E-state index contributed by atoms with van der Waals surface area (Å²) in [5, 5.41) is 3.09. The molecule has 0 bridgehead atoms. The summed E-state index contributed by atoms with van der Waals surface area (Å²) in [6, 6.07) is 16.5. The van der Waals surface area contributed by atoms with Crippen molar-refractivity contribution in [2.45, 2.75) is 32.2 Å². The number of amides is 1. The number of nitrogens with one attached hydrogen (secondary N) is 1. The molecule has 4 heteroatoms. The van der Waals surface area contributed by atoms with E-state index in [1.165, 1.54) is 16.8 Å². The average Bonchev–Trinajstić information content (AvgIpc) is 2.74. The Labute approximate surface area is 156 Å². The Morgan fingerprint density at radius 2 is 1.81 bits per heavy atom. The zero-order valence-corrected chi connectivity index (χ0v) is 16.2. The number of carbonyl (C=O) groups excluding carboxylic acids is 1. The molecule has 1 heterocycles. The van der Waals surface area contributed by atoms with E-state index in [1.807, 2.05) is 24.3 Å². The Morgan fingerprint density at radius 3 is 2.54 bits per heavy atom. The zero-order valence-electron chi connectivity index (χ0n) is 16.2. The van der Waals surface area contributed by atoms with Gasteiger partial charge in [-0.05, 0) is 35.7 Å². The van der Waals surface area contributed by atoms with Crippen molar-refractivity contribution < 1.29 is 4.79 Å². The van der Waals surface area contributed by atoms with E-state index in [0.29, 0.717) is 6.42 Å². The van der Waals surface area contributed by atoms with Crippen LogP contribution in [0.3, 0.4) is 0 Å². The van der Waals surface area contributed by atoms with E-state index < -0.39 is 0 Å².